The molecule has 0 atom stereocenters. The van der Waals surface area contributed by atoms with E-state index < -0.39 is 0 Å². The average Bonchev–Trinajstić information content (AvgIpc) is 2.53. The molecule has 1 aromatic heterocycles. The molecule has 0 radical (unpaired) electrons. The van der Waals surface area contributed by atoms with Gasteiger partial charge in [-0.05, 0) is 13.8 Å². The van der Waals surface area contributed by atoms with Crippen molar-refractivity contribution in [2.24, 2.45) is 7.05 Å². The predicted octanol–water partition coefficient (Wildman–Crippen LogP) is 2.94. The van der Waals surface area contributed by atoms with Crippen LogP contribution in [0.3, 0.4) is 0 Å². The van der Waals surface area contributed by atoms with Gasteiger partial charge in [-0.15, -0.1) is 0 Å². The third-order valence-corrected chi connectivity index (χ3v) is 2.04. The Morgan fingerprint density at radius 1 is 1.43 bits per heavy atom. The Morgan fingerprint density at radius 3 is 2.43 bits per heavy atom. The molecule has 0 aliphatic rings. The van der Waals surface area contributed by atoms with Gasteiger partial charge in [0.2, 0.25) is 0 Å². The summed E-state index contributed by atoms with van der Waals surface area (Å²) in [4.78, 5) is 10.6. The molecule has 1 heterocycles. The van der Waals surface area contributed by atoms with Crippen molar-refractivity contribution in [2.45, 2.75) is 13.8 Å². The smallest absolute Gasteiger partial charge is 0.297 e. The van der Waals surface area contributed by atoms with E-state index in [1.54, 1.807) is 11.6 Å². The number of rotatable bonds is 1. The molecule has 0 aromatic carbocycles. The molecule has 0 aliphatic heterocycles. The number of imidazole rings is 1. The average molecular weight is 186 g/mol. The first-order valence-corrected chi connectivity index (χ1v) is 4.10. The molecule has 1 aromatic rings. The van der Waals surface area contributed by atoms with Crippen molar-refractivity contribution in [1.82, 2.24) is 9.55 Å². The molecule has 14 heavy (non-hydrogen) atoms. The summed E-state index contributed by atoms with van der Waals surface area (Å²) in [7, 11) is 1.75. The zero-order chi connectivity index (χ0) is 10.7. The van der Waals surface area contributed by atoms with Crippen molar-refractivity contribution in [3.63, 3.8) is 0 Å². The summed E-state index contributed by atoms with van der Waals surface area (Å²) in [6.07, 6.45) is 1.91. The van der Waals surface area contributed by atoms with Crippen LogP contribution in [0.1, 0.15) is 19.7 Å². The van der Waals surface area contributed by atoms with Gasteiger partial charge in [0.05, 0.1) is 7.05 Å². The fraction of sp³-hybridized carbons (Fsp3) is 0.300. The molecular formula is C10H10N4. The van der Waals surface area contributed by atoms with Crippen LogP contribution >= 0.6 is 0 Å². The highest BCUT2D eigenvalue weighted by Gasteiger charge is 2.19. The lowest BCUT2D eigenvalue weighted by Gasteiger charge is -1.94. The summed E-state index contributed by atoms with van der Waals surface area (Å²) in [6, 6.07) is 0. The largest absolute Gasteiger partial charge is 0.373 e. The minimum Gasteiger partial charge on any atom is -0.373 e. The Bertz CT molecular complexity index is 466. The van der Waals surface area contributed by atoms with Crippen molar-refractivity contribution in [2.75, 3.05) is 0 Å². The number of hydrogen-bond acceptors (Lipinski definition) is 1. The summed E-state index contributed by atoms with van der Waals surface area (Å²) >= 11 is 0. The van der Waals surface area contributed by atoms with E-state index in [4.69, 9.17) is 13.1 Å². The Labute approximate surface area is 83.1 Å². The number of aromatic nitrogens is 2. The van der Waals surface area contributed by atoms with Crippen molar-refractivity contribution >= 4 is 17.2 Å². The molecule has 0 aliphatic carbocycles. The summed E-state index contributed by atoms with van der Waals surface area (Å²) in [5.41, 5.74) is 0.965. The fourth-order valence-corrected chi connectivity index (χ4v) is 1.16. The minimum atomic E-state index is 0.179. The van der Waals surface area contributed by atoms with Crippen LogP contribution in [0.25, 0.3) is 15.3 Å². The Kier molecular flexibility index (Phi) is 2.69. The van der Waals surface area contributed by atoms with Gasteiger partial charge < -0.3 is 9.69 Å². The van der Waals surface area contributed by atoms with E-state index in [2.05, 4.69) is 14.7 Å². The molecule has 0 unspecified atom stereocenters. The molecule has 0 spiro atoms. The van der Waals surface area contributed by atoms with E-state index in [0.717, 1.165) is 5.57 Å². The number of hydrogen-bond donors (Lipinski definition) is 0. The van der Waals surface area contributed by atoms with Crippen LogP contribution in [0.15, 0.2) is 6.08 Å². The van der Waals surface area contributed by atoms with Crippen LogP contribution in [0.4, 0.5) is 11.6 Å². The zero-order valence-electron chi connectivity index (χ0n) is 8.37. The van der Waals surface area contributed by atoms with Gasteiger partial charge in [-0.2, -0.15) is 0 Å². The molecule has 4 heteroatoms. The van der Waals surface area contributed by atoms with E-state index in [1.165, 1.54) is 0 Å². The molecule has 0 N–H and O–H groups in total. The first kappa shape index (κ1) is 10.0. The number of allylic oxidation sites excluding steroid dienone is 2. The highest BCUT2D eigenvalue weighted by atomic mass is 15.2. The molecule has 0 amide bonds. The van der Waals surface area contributed by atoms with Gasteiger partial charge in [-0.1, -0.05) is 24.2 Å². The van der Waals surface area contributed by atoms with Gasteiger partial charge in [0, 0.05) is 5.57 Å². The minimum absolute atomic E-state index is 0.179. The number of nitrogens with zero attached hydrogens (tertiary/aromatic N) is 4. The van der Waals surface area contributed by atoms with Gasteiger partial charge in [-0.25, -0.2) is 0 Å². The van der Waals surface area contributed by atoms with E-state index >= 15 is 0 Å². The maximum Gasteiger partial charge on any atom is 0.297 e. The maximum atomic E-state index is 6.94. The van der Waals surface area contributed by atoms with Gasteiger partial charge in [-0.3, -0.25) is 4.57 Å². The monoisotopic (exact) mass is 186 g/mol. The summed E-state index contributed by atoms with van der Waals surface area (Å²) < 4.78 is 1.65. The fourth-order valence-electron chi connectivity index (χ4n) is 1.16. The normalized spacial score (nSPS) is 10.8. The molecule has 0 bridgehead atoms. The van der Waals surface area contributed by atoms with Crippen LogP contribution in [-0.2, 0) is 7.05 Å². The van der Waals surface area contributed by atoms with Crippen LogP contribution in [-0.4, -0.2) is 9.55 Å². The van der Waals surface area contributed by atoms with Crippen molar-refractivity contribution in [1.29, 1.82) is 0 Å². The highest BCUT2D eigenvalue weighted by Crippen LogP contribution is 2.30. The zero-order valence-corrected chi connectivity index (χ0v) is 8.37. The van der Waals surface area contributed by atoms with Gasteiger partial charge >= 0.3 is 0 Å². The SMILES string of the molecule is [C-]#[N+]c1nc(/C(C)=C/C)n(C)c1[N+]#[C-]. The van der Waals surface area contributed by atoms with E-state index in [9.17, 15) is 0 Å². The predicted molar refractivity (Wildman–Crippen MR) is 55.1 cm³/mol. The van der Waals surface area contributed by atoms with E-state index in [0.29, 0.717) is 11.6 Å². The van der Waals surface area contributed by atoms with Gasteiger partial charge in [0.1, 0.15) is 0 Å². The van der Waals surface area contributed by atoms with Crippen LogP contribution in [0.2, 0.25) is 0 Å². The molecule has 0 saturated carbocycles. The van der Waals surface area contributed by atoms with Crippen molar-refractivity contribution in [3.05, 3.63) is 34.7 Å². The molecule has 0 fully saturated rings. The lowest BCUT2D eigenvalue weighted by molar-refractivity contribution is 0.903. The molecule has 1 rings (SSSR count). The standard InChI is InChI=1S/C10H10N4/c1-6-7(2)9-13-8(11-3)10(12-4)14(9)5/h6H,1-2,5H3/b7-6+. The Hall–Kier alpha value is -2.07. The first-order valence-electron chi connectivity index (χ1n) is 4.10. The van der Waals surface area contributed by atoms with Crippen molar-refractivity contribution < 1.29 is 0 Å². The van der Waals surface area contributed by atoms with Crippen LogP contribution in [0, 0.1) is 13.1 Å². The van der Waals surface area contributed by atoms with E-state index in [1.807, 2.05) is 19.9 Å². The molecule has 4 nitrogen and oxygen atoms in total. The molecule has 70 valence electrons. The summed E-state index contributed by atoms with van der Waals surface area (Å²) in [5.74, 6) is 1.17. The van der Waals surface area contributed by atoms with E-state index in [-0.39, 0.29) is 5.82 Å². The Morgan fingerprint density at radius 2 is 2.07 bits per heavy atom. The highest BCUT2D eigenvalue weighted by molar-refractivity contribution is 5.70. The van der Waals surface area contributed by atoms with Crippen LogP contribution < -0.4 is 0 Å². The molecular weight excluding hydrogens is 176 g/mol. The maximum absolute atomic E-state index is 6.94. The van der Waals surface area contributed by atoms with Gasteiger partial charge in [0.25, 0.3) is 17.5 Å². The topological polar surface area (TPSA) is 26.5 Å². The second-order valence-electron chi connectivity index (χ2n) is 2.84. The third-order valence-electron chi connectivity index (χ3n) is 2.04. The second-order valence-corrected chi connectivity index (χ2v) is 2.84. The summed E-state index contributed by atoms with van der Waals surface area (Å²) in [5, 5.41) is 0. The molecule has 0 saturated heterocycles. The van der Waals surface area contributed by atoms with Gasteiger partial charge in [0.15, 0.2) is 0 Å². The van der Waals surface area contributed by atoms with Crippen molar-refractivity contribution in [3.8, 4) is 0 Å². The summed E-state index contributed by atoms with van der Waals surface area (Å²) in [6.45, 7) is 17.6. The quantitative estimate of drug-likeness (QED) is 0.619. The third kappa shape index (κ3) is 1.38. The van der Waals surface area contributed by atoms with Crippen LogP contribution in [0.5, 0.6) is 0 Å². The second kappa shape index (κ2) is 3.76. The Balaban J connectivity index is 3.47. The lowest BCUT2D eigenvalue weighted by atomic mass is 10.3. The first-order chi connectivity index (χ1) is 6.65. The lowest BCUT2D eigenvalue weighted by Crippen LogP contribution is -1.93.